The van der Waals surface area contributed by atoms with E-state index in [1.807, 2.05) is 6.20 Å². The number of nitrogens with one attached hydrogen (secondary N) is 1. The zero-order chi connectivity index (χ0) is 9.72. The highest BCUT2D eigenvalue weighted by Crippen LogP contribution is 2.08. The maximum atomic E-state index is 3.93. The van der Waals surface area contributed by atoms with Gasteiger partial charge in [0.1, 0.15) is 0 Å². The summed E-state index contributed by atoms with van der Waals surface area (Å²) in [5, 5.41) is 3.21. The van der Waals surface area contributed by atoms with Crippen LogP contribution in [0, 0.1) is 11.8 Å². The molecule has 0 aromatic carbocycles. The number of hydrogen-bond donors (Lipinski definition) is 1. The van der Waals surface area contributed by atoms with E-state index in [4.69, 9.17) is 0 Å². The summed E-state index contributed by atoms with van der Waals surface area (Å²) < 4.78 is 0. The Morgan fingerprint density at radius 1 is 1.17 bits per heavy atom. The van der Waals surface area contributed by atoms with E-state index in [9.17, 15) is 0 Å². The van der Waals surface area contributed by atoms with Crippen molar-refractivity contribution >= 4 is 0 Å². The Bertz CT molecular complexity index is 175. The van der Waals surface area contributed by atoms with E-state index >= 15 is 0 Å². The summed E-state index contributed by atoms with van der Waals surface area (Å²) in [7, 11) is 0. The zero-order valence-corrected chi connectivity index (χ0v) is 8.94. The molecule has 0 heterocycles. The number of hydrogen-bond acceptors (Lipinski definition) is 1. The van der Waals surface area contributed by atoms with Crippen LogP contribution in [0.3, 0.4) is 0 Å². The van der Waals surface area contributed by atoms with Crippen LogP contribution in [0.2, 0.25) is 0 Å². The summed E-state index contributed by atoms with van der Waals surface area (Å²) >= 11 is 0. The van der Waals surface area contributed by atoms with Crippen molar-refractivity contribution in [1.29, 1.82) is 0 Å². The van der Waals surface area contributed by atoms with E-state index in [-0.39, 0.29) is 0 Å². The Hall–Kier alpha value is -0.720. The van der Waals surface area contributed by atoms with E-state index < -0.39 is 0 Å². The minimum Gasteiger partial charge on any atom is -0.365 e. The maximum Gasteiger partial charge on any atom is 0.00992 e. The molecule has 0 aromatic heterocycles. The third-order valence-corrected chi connectivity index (χ3v) is 2.09. The fourth-order valence-corrected chi connectivity index (χ4v) is 0.540. The second kappa shape index (κ2) is 5.02. The molecular formula is C11H21N. The molecule has 0 fully saturated rings. The fourth-order valence-electron chi connectivity index (χ4n) is 0.540. The van der Waals surface area contributed by atoms with E-state index in [0.717, 1.165) is 5.70 Å². The molecule has 0 aliphatic heterocycles. The molecule has 0 radical (unpaired) electrons. The molecule has 1 heteroatoms. The van der Waals surface area contributed by atoms with Crippen molar-refractivity contribution in [3.63, 3.8) is 0 Å². The summed E-state index contributed by atoms with van der Waals surface area (Å²) in [6.45, 7) is 14.7. The highest BCUT2D eigenvalue weighted by Gasteiger charge is 1.98. The molecule has 0 aromatic rings. The molecule has 0 atom stereocenters. The van der Waals surface area contributed by atoms with Gasteiger partial charge in [-0.2, -0.15) is 0 Å². The highest BCUT2D eigenvalue weighted by atomic mass is 14.9. The van der Waals surface area contributed by atoms with Crippen LogP contribution in [-0.4, -0.2) is 0 Å². The van der Waals surface area contributed by atoms with Crippen molar-refractivity contribution in [2.75, 3.05) is 0 Å². The lowest BCUT2D eigenvalue weighted by atomic mass is 10.1. The first-order chi connectivity index (χ1) is 5.45. The summed E-state index contributed by atoms with van der Waals surface area (Å²) in [5.74, 6) is 1.11. The molecule has 0 aliphatic carbocycles. The Kier molecular flexibility index (Phi) is 4.72. The van der Waals surface area contributed by atoms with Gasteiger partial charge in [-0.3, -0.25) is 0 Å². The molecular weight excluding hydrogens is 146 g/mol. The Labute approximate surface area is 76.6 Å². The smallest absolute Gasteiger partial charge is 0.00992 e. The van der Waals surface area contributed by atoms with Crippen molar-refractivity contribution in [3.8, 4) is 0 Å². The normalized spacial score (nSPS) is 12.4. The van der Waals surface area contributed by atoms with Crippen LogP contribution < -0.4 is 5.32 Å². The molecule has 0 saturated carbocycles. The predicted molar refractivity (Wildman–Crippen MR) is 55.7 cm³/mol. The predicted octanol–water partition coefficient (Wildman–Crippen LogP) is 3.31. The Balaban J connectivity index is 3.96. The largest absolute Gasteiger partial charge is 0.365 e. The van der Waals surface area contributed by atoms with Crippen LogP contribution in [0.25, 0.3) is 0 Å². The first-order valence-corrected chi connectivity index (χ1v) is 4.57. The van der Waals surface area contributed by atoms with Gasteiger partial charge in [-0.05, 0) is 25.0 Å². The van der Waals surface area contributed by atoms with Crippen molar-refractivity contribution < 1.29 is 0 Å². The van der Waals surface area contributed by atoms with Gasteiger partial charge >= 0.3 is 0 Å². The zero-order valence-electron chi connectivity index (χ0n) is 8.94. The topological polar surface area (TPSA) is 12.0 Å². The van der Waals surface area contributed by atoms with Crippen molar-refractivity contribution in [1.82, 2.24) is 5.32 Å². The van der Waals surface area contributed by atoms with Gasteiger partial charge in [-0.25, -0.2) is 0 Å². The lowest BCUT2D eigenvalue weighted by molar-refractivity contribution is 0.703. The van der Waals surface area contributed by atoms with Gasteiger partial charge in [0, 0.05) is 5.70 Å². The summed E-state index contributed by atoms with van der Waals surface area (Å²) in [6, 6.07) is 0. The molecule has 0 rings (SSSR count). The fraction of sp³-hybridized carbons (Fsp3) is 0.636. The molecule has 0 saturated heterocycles. The standard InChI is InChI=1S/C11H21N/c1-8(2)10(5)7-12-11(6)9(3)4/h7-9,12H,6H2,1-5H3/b10-7+. The van der Waals surface area contributed by atoms with Crippen molar-refractivity contribution in [3.05, 3.63) is 24.0 Å². The van der Waals surface area contributed by atoms with E-state index in [2.05, 4.69) is 46.5 Å². The third kappa shape index (κ3) is 4.22. The van der Waals surface area contributed by atoms with Gasteiger partial charge in [0.15, 0.2) is 0 Å². The molecule has 0 amide bonds. The number of rotatable bonds is 4. The second-order valence-electron chi connectivity index (χ2n) is 3.87. The van der Waals surface area contributed by atoms with Crippen LogP contribution in [0.1, 0.15) is 34.6 Å². The molecule has 12 heavy (non-hydrogen) atoms. The molecule has 0 aliphatic rings. The average Bonchev–Trinajstić information content (AvgIpc) is 1.98. The van der Waals surface area contributed by atoms with E-state index in [1.54, 1.807) is 0 Å². The van der Waals surface area contributed by atoms with Gasteiger partial charge in [0.05, 0.1) is 0 Å². The summed E-state index contributed by atoms with van der Waals surface area (Å²) in [6.07, 6.45) is 2.05. The highest BCUT2D eigenvalue weighted by molar-refractivity contribution is 5.06. The maximum absolute atomic E-state index is 3.93. The first-order valence-electron chi connectivity index (χ1n) is 4.57. The Morgan fingerprint density at radius 3 is 2.00 bits per heavy atom. The van der Waals surface area contributed by atoms with Gasteiger partial charge in [-0.1, -0.05) is 39.8 Å². The summed E-state index contributed by atoms with van der Waals surface area (Å²) in [4.78, 5) is 0. The van der Waals surface area contributed by atoms with Crippen LogP contribution in [-0.2, 0) is 0 Å². The van der Waals surface area contributed by atoms with Crippen LogP contribution >= 0.6 is 0 Å². The molecule has 0 spiro atoms. The number of allylic oxidation sites excluding steroid dienone is 2. The van der Waals surface area contributed by atoms with Crippen LogP contribution in [0.5, 0.6) is 0 Å². The van der Waals surface area contributed by atoms with Gasteiger partial charge in [0.25, 0.3) is 0 Å². The molecule has 70 valence electrons. The second-order valence-corrected chi connectivity index (χ2v) is 3.87. The van der Waals surface area contributed by atoms with Gasteiger partial charge in [-0.15, -0.1) is 0 Å². The molecule has 1 nitrogen and oxygen atoms in total. The van der Waals surface area contributed by atoms with Gasteiger partial charge in [0.2, 0.25) is 0 Å². The van der Waals surface area contributed by atoms with Crippen molar-refractivity contribution in [2.45, 2.75) is 34.6 Å². The Morgan fingerprint density at radius 2 is 1.67 bits per heavy atom. The first kappa shape index (κ1) is 11.3. The van der Waals surface area contributed by atoms with Crippen molar-refractivity contribution in [2.24, 2.45) is 11.8 Å². The SMILES string of the molecule is C=C(N/C=C(\C)C(C)C)C(C)C. The van der Waals surface area contributed by atoms with Crippen LogP contribution in [0.4, 0.5) is 0 Å². The minimum absolute atomic E-state index is 0.501. The van der Waals surface area contributed by atoms with Gasteiger partial charge < -0.3 is 5.32 Å². The molecule has 1 N–H and O–H groups in total. The lowest BCUT2D eigenvalue weighted by Gasteiger charge is -2.11. The monoisotopic (exact) mass is 167 g/mol. The third-order valence-electron chi connectivity index (χ3n) is 2.09. The summed E-state index contributed by atoms with van der Waals surface area (Å²) in [5.41, 5.74) is 2.44. The lowest BCUT2D eigenvalue weighted by Crippen LogP contribution is -2.10. The molecule has 0 unspecified atom stereocenters. The van der Waals surface area contributed by atoms with E-state index in [1.165, 1.54) is 5.57 Å². The quantitative estimate of drug-likeness (QED) is 0.677. The van der Waals surface area contributed by atoms with E-state index in [0.29, 0.717) is 11.8 Å². The minimum atomic E-state index is 0.501. The van der Waals surface area contributed by atoms with Crippen LogP contribution in [0.15, 0.2) is 24.0 Å². The average molecular weight is 167 g/mol. The molecule has 0 bridgehead atoms.